The molecule has 0 atom stereocenters. The third kappa shape index (κ3) is 4.28. The monoisotopic (exact) mass is 305 g/mol. The molecule has 1 fully saturated rings. The summed E-state index contributed by atoms with van der Waals surface area (Å²) < 4.78 is 0. The highest BCUT2D eigenvalue weighted by molar-refractivity contribution is 5.79. The smallest absolute Gasteiger partial charge is 0.273 e. The molecule has 1 aliphatic rings. The molecule has 1 heterocycles. The fourth-order valence-electron chi connectivity index (χ4n) is 2.51. The molecular weight excluding hydrogens is 286 g/mol. The van der Waals surface area contributed by atoms with Crippen LogP contribution >= 0.6 is 0 Å². The number of likely N-dealkylation sites (tertiary alicyclic amines) is 1. The lowest BCUT2D eigenvalue weighted by Gasteiger charge is -2.15. The summed E-state index contributed by atoms with van der Waals surface area (Å²) in [4.78, 5) is 35.4. The van der Waals surface area contributed by atoms with E-state index in [1.54, 1.807) is 23.1 Å². The van der Waals surface area contributed by atoms with Crippen LogP contribution in [-0.4, -0.2) is 41.3 Å². The van der Waals surface area contributed by atoms with Crippen molar-refractivity contribution in [3.05, 3.63) is 39.9 Å². The van der Waals surface area contributed by atoms with Gasteiger partial charge in [0.1, 0.15) is 0 Å². The molecule has 2 rings (SSSR count). The molecule has 0 spiro atoms. The number of nitro benzene ring substituents is 1. The van der Waals surface area contributed by atoms with Crippen LogP contribution in [0.5, 0.6) is 0 Å². The summed E-state index contributed by atoms with van der Waals surface area (Å²) in [5, 5.41) is 13.6. The highest BCUT2D eigenvalue weighted by Gasteiger charge is 2.19. The Morgan fingerprint density at radius 3 is 2.82 bits per heavy atom. The Balaban J connectivity index is 1.74. The van der Waals surface area contributed by atoms with Gasteiger partial charge in [0.2, 0.25) is 11.8 Å². The highest BCUT2D eigenvalue weighted by atomic mass is 16.6. The summed E-state index contributed by atoms with van der Waals surface area (Å²) in [5.74, 6) is -0.0757. The topological polar surface area (TPSA) is 92.5 Å². The summed E-state index contributed by atoms with van der Waals surface area (Å²) >= 11 is 0. The summed E-state index contributed by atoms with van der Waals surface area (Å²) in [7, 11) is 0. The normalized spacial score (nSPS) is 14.2. The molecular formula is C15H19N3O4. The Kier molecular flexibility index (Phi) is 5.46. The maximum atomic E-state index is 11.8. The molecule has 7 nitrogen and oxygen atoms in total. The second-order valence-corrected chi connectivity index (χ2v) is 5.25. The molecule has 0 aromatic heterocycles. The van der Waals surface area contributed by atoms with Crippen LogP contribution in [0.2, 0.25) is 0 Å². The summed E-state index contributed by atoms with van der Waals surface area (Å²) in [5.41, 5.74) is 0.361. The molecule has 118 valence electrons. The van der Waals surface area contributed by atoms with E-state index in [1.165, 1.54) is 6.07 Å². The molecule has 2 amide bonds. The Hall–Kier alpha value is -2.44. The Bertz CT molecular complexity index is 574. The number of nitro groups is 1. The van der Waals surface area contributed by atoms with Gasteiger partial charge in [0.15, 0.2) is 0 Å². The van der Waals surface area contributed by atoms with E-state index < -0.39 is 4.92 Å². The average Bonchev–Trinajstić information content (AvgIpc) is 2.89. The predicted octanol–water partition coefficient (Wildman–Crippen LogP) is 1.27. The molecule has 22 heavy (non-hydrogen) atoms. The van der Waals surface area contributed by atoms with Crippen molar-refractivity contribution in [1.29, 1.82) is 0 Å². The molecule has 0 radical (unpaired) electrons. The number of hydrogen-bond acceptors (Lipinski definition) is 4. The van der Waals surface area contributed by atoms with Gasteiger partial charge in [-0.25, -0.2) is 0 Å². The molecule has 1 saturated heterocycles. The van der Waals surface area contributed by atoms with Crippen LogP contribution < -0.4 is 5.32 Å². The van der Waals surface area contributed by atoms with Crippen molar-refractivity contribution in [2.75, 3.05) is 19.6 Å². The van der Waals surface area contributed by atoms with Crippen LogP contribution in [0.15, 0.2) is 24.3 Å². The minimum Gasteiger partial charge on any atom is -0.356 e. The molecule has 1 aromatic carbocycles. The minimum atomic E-state index is -0.485. The number of hydrogen-bond donors (Lipinski definition) is 1. The summed E-state index contributed by atoms with van der Waals surface area (Å²) in [6.07, 6.45) is 2.20. The van der Waals surface area contributed by atoms with Crippen LogP contribution in [0, 0.1) is 10.1 Å². The van der Waals surface area contributed by atoms with E-state index in [9.17, 15) is 19.7 Å². The standard InChI is InChI=1S/C15H19N3O4/c19-14(11-12-5-1-2-6-13(12)18(21)22)16-8-4-10-17-9-3-7-15(17)20/h1-2,5-6H,3-4,7-11H2,(H,16,19). The molecule has 0 aliphatic carbocycles. The zero-order valence-electron chi connectivity index (χ0n) is 12.3. The number of para-hydroxylation sites is 1. The molecule has 1 aliphatic heterocycles. The van der Waals surface area contributed by atoms with Gasteiger partial charge in [-0.05, 0) is 12.8 Å². The molecule has 7 heteroatoms. The first-order chi connectivity index (χ1) is 10.6. The SMILES string of the molecule is O=C(Cc1ccccc1[N+](=O)[O-])NCCCN1CCCC1=O. The zero-order chi connectivity index (χ0) is 15.9. The number of carbonyl (C=O) groups excluding carboxylic acids is 2. The molecule has 0 unspecified atom stereocenters. The molecule has 1 aromatic rings. The maximum Gasteiger partial charge on any atom is 0.273 e. The Morgan fingerprint density at radius 1 is 1.36 bits per heavy atom. The zero-order valence-corrected chi connectivity index (χ0v) is 12.3. The molecule has 1 N–H and O–H groups in total. The number of rotatable bonds is 7. The highest BCUT2D eigenvalue weighted by Crippen LogP contribution is 2.17. The van der Waals surface area contributed by atoms with E-state index in [0.717, 1.165) is 13.0 Å². The van der Waals surface area contributed by atoms with E-state index in [2.05, 4.69) is 5.32 Å². The molecule has 0 bridgehead atoms. The van der Waals surface area contributed by atoms with Gasteiger partial charge in [0, 0.05) is 37.7 Å². The number of nitrogens with zero attached hydrogens (tertiary/aromatic N) is 2. The van der Waals surface area contributed by atoms with E-state index in [1.807, 2.05) is 0 Å². The molecule has 0 saturated carbocycles. The third-order valence-corrected chi connectivity index (χ3v) is 3.64. The van der Waals surface area contributed by atoms with Gasteiger partial charge in [-0.15, -0.1) is 0 Å². The minimum absolute atomic E-state index is 0.0141. The number of nitrogens with one attached hydrogen (secondary N) is 1. The maximum absolute atomic E-state index is 11.8. The predicted molar refractivity (Wildman–Crippen MR) is 80.2 cm³/mol. The largest absolute Gasteiger partial charge is 0.356 e. The first-order valence-electron chi connectivity index (χ1n) is 7.34. The Labute approximate surface area is 128 Å². The van der Waals surface area contributed by atoms with Gasteiger partial charge >= 0.3 is 0 Å². The van der Waals surface area contributed by atoms with Gasteiger partial charge in [-0.1, -0.05) is 18.2 Å². The number of carbonyl (C=O) groups is 2. The van der Waals surface area contributed by atoms with Crippen LogP contribution in [0.1, 0.15) is 24.8 Å². The van der Waals surface area contributed by atoms with Gasteiger partial charge in [0.25, 0.3) is 5.69 Å². The quantitative estimate of drug-likeness (QED) is 0.466. The lowest BCUT2D eigenvalue weighted by molar-refractivity contribution is -0.385. The van der Waals surface area contributed by atoms with Crippen molar-refractivity contribution in [3.8, 4) is 0 Å². The first kappa shape index (κ1) is 15.9. The van der Waals surface area contributed by atoms with Crippen LogP contribution in [0.4, 0.5) is 5.69 Å². The lowest BCUT2D eigenvalue weighted by atomic mass is 10.1. The Morgan fingerprint density at radius 2 is 2.14 bits per heavy atom. The van der Waals surface area contributed by atoms with Crippen molar-refractivity contribution >= 4 is 17.5 Å². The van der Waals surface area contributed by atoms with Crippen molar-refractivity contribution in [2.45, 2.75) is 25.7 Å². The summed E-state index contributed by atoms with van der Waals surface area (Å²) in [6, 6.07) is 6.23. The van der Waals surface area contributed by atoms with E-state index in [0.29, 0.717) is 31.5 Å². The van der Waals surface area contributed by atoms with Crippen molar-refractivity contribution in [2.24, 2.45) is 0 Å². The van der Waals surface area contributed by atoms with E-state index >= 15 is 0 Å². The average molecular weight is 305 g/mol. The second-order valence-electron chi connectivity index (χ2n) is 5.25. The van der Waals surface area contributed by atoms with Crippen molar-refractivity contribution in [1.82, 2.24) is 10.2 Å². The van der Waals surface area contributed by atoms with Crippen molar-refractivity contribution in [3.63, 3.8) is 0 Å². The van der Waals surface area contributed by atoms with E-state index in [4.69, 9.17) is 0 Å². The third-order valence-electron chi connectivity index (χ3n) is 3.64. The van der Waals surface area contributed by atoms with E-state index in [-0.39, 0.29) is 23.9 Å². The van der Waals surface area contributed by atoms with Crippen LogP contribution in [0.3, 0.4) is 0 Å². The fraction of sp³-hybridized carbons (Fsp3) is 0.467. The van der Waals surface area contributed by atoms with Crippen molar-refractivity contribution < 1.29 is 14.5 Å². The first-order valence-corrected chi connectivity index (χ1v) is 7.34. The van der Waals surface area contributed by atoms with Gasteiger partial charge in [-0.2, -0.15) is 0 Å². The lowest BCUT2D eigenvalue weighted by Crippen LogP contribution is -2.31. The van der Waals surface area contributed by atoms with Crippen LogP contribution in [-0.2, 0) is 16.0 Å². The van der Waals surface area contributed by atoms with Crippen LogP contribution in [0.25, 0.3) is 0 Å². The fourth-order valence-corrected chi connectivity index (χ4v) is 2.51. The summed E-state index contributed by atoms with van der Waals surface area (Å²) in [6.45, 7) is 1.90. The van der Waals surface area contributed by atoms with Gasteiger partial charge in [-0.3, -0.25) is 19.7 Å². The number of amides is 2. The van der Waals surface area contributed by atoms with Gasteiger partial charge in [0.05, 0.1) is 11.3 Å². The van der Waals surface area contributed by atoms with Gasteiger partial charge < -0.3 is 10.2 Å². The second kappa shape index (κ2) is 7.53. The number of benzene rings is 1.